The Morgan fingerprint density at radius 2 is 1.68 bits per heavy atom. The molecule has 23 heteroatoms. The van der Waals surface area contributed by atoms with Crippen molar-refractivity contribution in [3.8, 4) is 17.1 Å². The van der Waals surface area contributed by atoms with Crippen molar-refractivity contribution in [2.45, 2.75) is 70.8 Å². The molecule has 2 aliphatic heterocycles. The number of hydrogen-bond acceptors (Lipinski definition) is 15. The number of pyridine rings is 1. The number of benzene rings is 2. The zero-order valence-corrected chi connectivity index (χ0v) is 39.0. The Kier molecular flexibility index (Phi) is 14.9. The summed E-state index contributed by atoms with van der Waals surface area (Å²) in [5.74, 6) is -2.74. The van der Waals surface area contributed by atoms with Crippen LogP contribution in [0.5, 0.6) is 0 Å². The fourth-order valence-corrected chi connectivity index (χ4v) is 7.77. The van der Waals surface area contributed by atoms with Gasteiger partial charge in [0.1, 0.15) is 23.7 Å². The van der Waals surface area contributed by atoms with Crippen molar-refractivity contribution >= 4 is 52.8 Å². The van der Waals surface area contributed by atoms with Crippen molar-refractivity contribution in [3.05, 3.63) is 101 Å². The van der Waals surface area contributed by atoms with E-state index in [2.05, 4.69) is 36.3 Å². The smallest absolute Gasteiger partial charge is 0.437 e. The van der Waals surface area contributed by atoms with Crippen LogP contribution in [0.3, 0.4) is 0 Å². The molecule has 8 rings (SSSR count). The second-order valence-corrected chi connectivity index (χ2v) is 17.9. The van der Waals surface area contributed by atoms with E-state index in [0.29, 0.717) is 55.6 Å². The first-order chi connectivity index (χ1) is 33.9. The standard InChI is InChI=1S/C48H51F3N10O10/c1-47(2,3)71-46(67)59(25-28-10-11-28)37-23-30(14-15-54-37)43-56-35(27-70-43)41(63)55-34-26-60(58-40(34)48(49,50)51)31-7-4-6-29(22-31)24-52-16-18-68-20-21-69-19-17-53-33-9-5-8-32-39(33)45(66)61(44(32)65)36-12-13-38(62)57-42(36)64/h4-9,14-15,22-23,26-28,36,52-53H,10-13,16-21,24-25H2,1-3H3,(H,55,63)(H,57,62,64). The molecule has 5 aromatic rings. The maximum Gasteiger partial charge on any atom is 0.437 e. The number of carbonyl (C=O) groups excluding carboxylic acids is 6. The minimum atomic E-state index is -4.92. The van der Waals surface area contributed by atoms with Crippen LogP contribution in [-0.2, 0) is 36.5 Å². The lowest BCUT2D eigenvalue weighted by Gasteiger charge is -2.27. The normalized spacial score (nSPS) is 16.0. The Bertz CT molecular complexity index is 2820. The first-order valence-electron chi connectivity index (χ1n) is 22.9. The molecule has 6 amide bonds. The zero-order valence-electron chi connectivity index (χ0n) is 39.0. The fourth-order valence-electron chi connectivity index (χ4n) is 7.77. The number of alkyl halides is 3. The molecule has 0 spiro atoms. The summed E-state index contributed by atoms with van der Waals surface area (Å²) in [5, 5.41) is 14.6. The molecule has 4 N–H and O–H groups in total. The largest absolute Gasteiger partial charge is 0.444 e. The van der Waals surface area contributed by atoms with Crippen molar-refractivity contribution in [1.29, 1.82) is 0 Å². The monoisotopic (exact) mass is 984 g/mol. The Hall–Kier alpha value is -7.50. The first-order valence-corrected chi connectivity index (χ1v) is 22.9. The van der Waals surface area contributed by atoms with Crippen LogP contribution in [0.25, 0.3) is 17.1 Å². The van der Waals surface area contributed by atoms with E-state index in [0.717, 1.165) is 40.4 Å². The highest BCUT2D eigenvalue weighted by Crippen LogP contribution is 2.36. The number of oxazole rings is 1. The summed E-state index contributed by atoms with van der Waals surface area (Å²) in [5.41, 5.74) is -0.792. The number of anilines is 3. The van der Waals surface area contributed by atoms with E-state index >= 15 is 0 Å². The highest BCUT2D eigenvalue weighted by molar-refractivity contribution is 6.25. The summed E-state index contributed by atoms with van der Waals surface area (Å²) in [6, 6.07) is 13.5. The number of halogens is 3. The predicted molar refractivity (Wildman–Crippen MR) is 248 cm³/mol. The van der Waals surface area contributed by atoms with Gasteiger partial charge in [-0.25, -0.2) is 19.4 Å². The molecular formula is C48H51F3N10O10. The lowest BCUT2D eigenvalue weighted by molar-refractivity contribution is -0.140. The van der Waals surface area contributed by atoms with Gasteiger partial charge in [-0.2, -0.15) is 18.3 Å². The molecule has 1 atom stereocenters. The van der Waals surface area contributed by atoms with Gasteiger partial charge in [-0.15, -0.1) is 0 Å². The molecule has 1 saturated carbocycles. The number of ether oxygens (including phenoxy) is 3. The van der Waals surface area contributed by atoms with Crippen molar-refractivity contribution in [1.82, 2.24) is 35.3 Å². The quantitative estimate of drug-likeness (QED) is 0.0518. The average molecular weight is 985 g/mol. The molecular weight excluding hydrogens is 934 g/mol. The number of carbonyl (C=O) groups is 6. The molecule has 20 nitrogen and oxygen atoms in total. The van der Waals surface area contributed by atoms with Gasteiger partial charge in [0.15, 0.2) is 11.4 Å². The molecule has 1 saturated heterocycles. The average Bonchev–Trinajstić information content (AvgIpc) is 3.70. The third kappa shape index (κ3) is 12.3. The number of nitrogens with zero attached hydrogens (tertiary/aromatic N) is 6. The van der Waals surface area contributed by atoms with Gasteiger partial charge >= 0.3 is 12.3 Å². The molecule has 5 heterocycles. The third-order valence-corrected chi connectivity index (χ3v) is 11.3. The summed E-state index contributed by atoms with van der Waals surface area (Å²) in [6.45, 7) is 7.92. The number of hydrogen-bond donors (Lipinski definition) is 4. The summed E-state index contributed by atoms with van der Waals surface area (Å²) >= 11 is 0. The summed E-state index contributed by atoms with van der Waals surface area (Å²) in [7, 11) is 0. The van der Waals surface area contributed by atoms with Gasteiger partial charge in [0.05, 0.1) is 55.1 Å². The zero-order chi connectivity index (χ0) is 50.5. The molecule has 1 unspecified atom stereocenters. The topological polar surface area (TPSA) is 241 Å². The van der Waals surface area contributed by atoms with Gasteiger partial charge in [-0.1, -0.05) is 18.2 Å². The first kappa shape index (κ1) is 49.9. The lowest BCUT2D eigenvalue weighted by atomic mass is 10.0. The molecule has 1 aliphatic carbocycles. The molecule has 0 radical (unpaired) electrons. The molecule has 3 aromatic heterocycles. The van der Waals surface area contributed by atoms with Gasteiger partial charge in [0, 0.05) is 50.0 Å². The number of imide groups is 2. The number of rotatable bonds is 20. The molecule has 2 fully saturated rings. The Labute approximate surface area is 404 Å². The lowest BCUT2D eigenvalue weighted by Crippen LogP contribution is -2.54. The molecule has 71 heavy (non-hydrogen) atoms. The highest BCUT2D eigenvalue weighted by atomic mass is 19.4. The van der Waals surface area contributed by atoms with Crippen LogP contribution in [0.2, 0.25) is 0 Å². The maximum atomic E-state index is 14.3. The van der Waals surface area contributed by atoms with Crippen molar-refractivity contribution in [2.75, 3.05) is 61.6 Å². The van der Waals surface area contributed by atoms with Crippen molar-refractivity contribution in [3.63, 3.8) is 0 Å². The van der Waals surface area contributed by atoms with Gasteiger partial charge in [0.25, 0.3) is 17.7 Å². The SMILES string of the molecule is CC(C)(C)OC(=O)N(CC1CC1)c1cc(-c2nc(C(=O)Nc3cn(-c4cccc(CNCCOCCOCCNc5cccc6c5C(=O)N(C5CCC(=O)NC5=O)C6=O)c4)nc3C(F)(F)F)co2)ccn1. The second kappa shape index (κ2) is 21.2. The number of fused-ring (bicyclic) bond motifs is 1. The summed E-state index contributed by atoms with van der Waals surface area (Å²) in [6.07, 6.45) is 0.0593. The third-order valence-electron chi connectivity index (χ3n) is 11.3. The van der Waals surface area contributed by atoms with E-state index in [1.165, 1.54) is 17.2 Å². The van der Waals surface area contributed by atoms with Gasteiger partial charge in [-0.05, 0) is 87.9 Å². The Balaban J connectivity index is 0.780. The highest BCUT2D eigenvalue weighted by Gasteiger charge is 2.46. The van der Waals surface area contributed by atoms with Gasteiger partial charge in [0.2, 0.25) is 17.7 Å². The summed E-state index contributed by atoms with van der Waals surface area (Å²) in [4.78, 5) is 87.7. The van der Waals surface area contributed by atoms with Crippen LogP contribution in [0.15, 0.2) is 77.7 Å². The Morgan fingerprint density at radius 1 is 0.915 bits per heavy atom. The molecule has 374 valence electrons. The number of aromatic nitrogens is 4. The summed E-state index contributed by atoms with van der Waals surface area (Å²) < 4.78 is 66.3. The van der Waals surface area contributed by atoms with Crippen molar-refractivity contribution < 1.29 is 60.6 Å². The Morgan fingerprint density at radius 3 is 2.41 bits per heavy atom. The van der Waals surface area contributed by atoms with Gasteiger partial charge < -0.3 is 34.6 Å². The van der Waals surface area contributed by atoms with Crippen LogP contribution in [0.4, 0.5) is 35.2 Å². The minimum Gasteiger partial charge on any atom is -0.444 e. The fraction of sp³-hybridized carbons (Fsp3) is 0.396. The van der Waals surface area contributed by atoms with Crippen LogP contribution in [-0.4, -0.2) is 118 Å². The van der Waals surface area contributed by atoms with E-state index in [9.17, 15) is 41.9 Å². The van der Waals surface area contributed by atoms with Crippen molar-refractivity contribution in [2.24, 2.45) is 5.92 Å². The van der Waals surface area contributed by atoms with E-state index in [-0.39, 0.29) is 61.2 Å². The van der Waals surface area contributed by atoms with E-state index in [1.807, 2.05) is 0 Å². The van der Waals surface area contributed by atoms with Crippen LogP contribution in [0.1, 0.15) is 88.9 Å². The number of piperidine rings is 1. The molecule has 3 aliphatic rings. The van der Waals surface area contributed by atoms with Crippen LogP contribution >= 0.6 is 0 Å². The number of nitrogens with one attached hydrogen (secondary N) is 4. The second-order valence-electron chi connectivity index (χ2n) is 17.9. The van der Waals surface area contributed by atoms with E-state index in [4.69, 9.17) is 18.6 Å². The molecule has 0 bridgehead atoms. The van der Waals surface area contributed by atoms with E-state index < -0.39 is 64.8 Å². The van der Waals surface area contributed by atoms with Crippen LogP contribution < -0.4 is 26.2 Å². The predicted octanol–water partition coefficient (Wildman–Crippen LogP) is 5.98. The van der Waals surface area contributed by atoms with E-state index in [1.54, 1.807) is 69.3 Å². The van der Waals surface area contributed by atoms with Gasteiger partial charge in [-0.3, -0.25) is 39.1 Å². The minimum absolute atomic E-state index is 0.0219. The van der Waals surface area contributed by atoms with Crippen LogP contribution in [0, 0.1) is 5.92 Å². The maximum absolute atomic E-state index is 14.3. The molecule has 2 aromatic carbocycles. The number of amides is 6.